The number of carbonyl (C=O) groups excluding carboxylic acids is 1. The molecule has 3 rings (SSSR count). The number of nitrogens with zero attached hydrogens (tertiary/aromatic N) is 3. The maximum absolute atomic E-state index is 13.3. The Morgan fingerprint density at radius 1 is 1.20 bits per heavy atom. The monoisotopic (exact) mass is 655 g/mol. The van der Waals surface area contributed by atoms with E-state index in [1.165, 1.54) is 4.68 Å². The van der Waals surface area contributed by atoms with Crippen LogP contribution in [-0.4, -0.2) is 41.2 Å². The van der Waals surface area contributed by atoms with Crippen molar-refractivity contribution >= 4 is 61.6 Å². The molecule has 0 bridgehead atoms. The summed E-state index contributed by atoms with van der Waals surface area (Å²) in [6.07, 6.45) is 0.791. The molecule has 0 radical (unpaired) electrons. The molecule has 0 N–H and O–H groups in total. The molecule has 0 aliphatic heterocycles. The molecule has 0 amide bonds. The lowest BCUT2D eigenvalue weighted by molar-refractivity contribution is -0.150. The first-order chi connectivity index (χ1) is 16.7. The number of rotatable bonds is 9. The zero-order valence-electron chi connectivity index (χ0n) is 20.2. The van der Waals surface area contributed by atoms with E-state index in [0.717, 1.165) is 8.04 Å². The largest absolute Gasteiger partial charge is 0.490 e. The average Bonchev–Trinajstić information content (AvgIpc) is 2.81. The average molecular weight is 656 g/mol. The van der Waals surface area contributed by atoms with Crippen molar-refractivity contribution in [2.24, 2.45) is 5.10 Å². The van der Waals surface area contributed by atoms with Crippen LogP contribution < -0.4 is 15.0 Å². The van der Waals surface area contributed by atoms with Gasteiger partial charge < -0.3 is 14.2 Å². The predicted molar refractivity (Wildman–Crippen MR) is 148 cm³/mol. The van der Waals surface area contributed by atoms with Crippen LogP contribution in [-0.2, 0) is 9.53 Å². The molecule has 0 fully saturated rings. The van der Waals surface area contributed by atoms with E-state index in [9.17, 15) is 9.59 Å². The lowest BCUT2D eigenvalue weighted by Gasteiger charge is -2.18. The number of esters is 1. The van der Waals surface area contributed by atoms with Gasteiger partial charge in [-0.05, 0) is 79.3 Å². The second-order valence-electron chi connectivity index (χ2n) is 7.92. The fraction of sp³-hybridized carbons (Fsp3) is 0.360. The predicted octanol–water partition coefficient (Wildman–Crippen LogP) is 5.50. The molecule has 1 heterocycles. The molecule has 8 nitrogen and oxygen atoms in total. The van der Waals surface area contributed by atoms with Crippen molar-refractivity contribution in [3.63, 3.8) is 0 Å². The van der Waals surface area contributed by atoms with Gasteiger partial charge in [0.2, 0.25) is 0 Å². The van der Waals surface area contributed by atoms with Crippen LogP contribution >= 0.6 is 38.5 Å². The fourth-order valence-electron chi connectivity index (χ4n) is 3.30. The van der Waals surface area contributed by atoms with Gasteiger partial charge in [-0.2, -0.15) is 9.78 Å². The van der Waals surface area contributed by atoms with Crippen molar-refractivity contribution in [1.29, 1.82) is 0 Å². The number of hydrogen-bond acceptors (Lipinski definition) is 7. The Balaban J connectivity index is 2.04. The van der Waals surface area contributed by atoms with Crippen LogP contribution in [0.1, 0.15) is 51.9 Å². The Morgan fingerprint density at radius 2 is 1.94 bits per heavy atom. The molecule has 1 aromatic heterocycles. The topological polar surface area (TPSA) is 92.0 Å². The highest BCUT2D eigenvalue weighted by Crippen LogP contribution is 2.35. The Kier molecular flexibility index (Phi) is 9.28. The number of fused-ring (bicyclic) bond motifs is 1. The normalized spacial score (nSPS) is 12.3. The van der Waals surface area contributed by atoms with Crippen molar-refractivity contribution in [3.05, 3.63) is 60.1 Å². The minimum absolute atomic E-state index is 0.0211. The molecule has 3 aromatic rings. The first-order valence-corrected chi connectivity index (χ1v) is 13.1. The first kappa shape index (κ1) is 27.1. The molecule has 1 atom stereocenters. The third kappa shape index (κ3) is 6.40. The number of benzene rings is 2. The molecule has 0 aliphatic carbocycles. The molecule has 10 heteroatoms. The maximum atomic E-state index is 13.3. The molecule has 0 spiro atoms. The van der Waals surface area contributed by atoms with E-state index in [4.69, 9.17) is 14.2 Å². The number of aromatic nitrogens is 2. The van der Waals surface area contributed by atoms with E-state index in [1.807, 2.05) is 39.0 Å². The zero-order chi connectivity index (χ0) is 25.7. The van der Waals surface area contributed by atoms with E-state index in [1.54, 1.807) is 32.2 Å². The highest BCUT2D eigenvalue weighted by molar-refractivity contribution is 14.1. The van der Waals surface area contributed by atoms with Gasteiger partial charge in [0.05, 0.1) is 33.9 Å². The molecule has 0 aliphatic rings. The summed E-state index contributed by atoms with van der Waals surface area (Å²) in [5, 5.41) is 4.96. The van der Waals surface area contributed by atoms with Crippen LogP contribution in [0.3, 0.4) is 0 Å². The van der Waals surface area contributed by atoms with Gasteiger partial charge in [-0.3, -0.25) is 4.79 Å². The lowest BCUT2D eigenvalue weighted by atomic mass is 10.2. The maximum Gasteiger partial charge on any atom is 0.347 e. The van der Waals surface area contributed by atoms with Gasteiger partial charge in [-0.15, -0.1) is 0 Å². The van der Waals surface area contributed by atoms with Gasteiger partial charge >= 0.3 is 5.97 Å². The Morgan fingerprint density at radius 3 is 2.60 bits per heavy atom. The van der Waals surface area contributed by atoms with E-state index < -0.39 is 12.1 Å². The zero-order valence-corrected chi connectivity index (χ0v) is 23.9. The molecule has 186 valence electrons. The van der Waals surface area contributed by atoms with Crippen molar-refractivity contribution in [3.8, 4) is 11.5 Å². The SMILES string of the molecule is CCOC(=O)[C@@H](C)Oc1c(I)cc(C=Nn2c(C(C)C)nc3ccc(Br)cc3c2=O)cc1OCC. The van der Waals surface area contributed by atoms with Crippen molar-refractivity contribution in [1.82, 2.24) is 9.66 Å². The van der Waals surface area contributed by atoms with Crippen molar-refractivity contribution in [2.45, 2.75) is 46.6 Å². The minimum atomic E-state index is -0.794. The summed E-state index contributed by atoms with van der Waals surface area (Å²) >= 11 is 5.53. The number of hydrogen-bond donors (Lipinski definition) is 0. The van der Waals surface area contributed by atoms with Crippen LogP contribution in [0.2, 0.25) is 0 Å². The Bertz CT molecular complexity index is 1320. The van der Waals surface area contributed by atoms with Crippen molar-refractivity contribution in [2.75, 3.05) is 13.2 Å². The Labute approximate surface area is 225 Å². The quantitative estimate of drug-likeness (QED) is 0.172. The second-order valence-corrected chi connectivity index (χ2v) is 10.0. The minimum Gasteiger partial charge on any atom is -0.490 e. The van der Waals surface area contributed by atoms with Gasteiger partial charge in [-0.1, -0.05) is 29.8 Å². The van der Waals surface area contributed by atoms with Gasteiger partial charge in [0.15, 0.2) is 17.6 Å². The van der Waals surface area contributed by atoms with Crippen LogP contribution in [0.5, 0.6) is 11.5 Å². The van der Waals surface area contributed by atoms with Crippen LogP contribution in [0, 0.1) is 3.57 Å². The van der Waals surface area contributed by atoms with Gasteiger partial charge in [-0.25, -0.2) is 9.78 Å². The summed E-state index contributed by atoms with van der Waals surface area (Å²) in [4.78, 5) is 30.0. The summed E-state index contributed by atoms with van der Waals surface area (Å²) in [6.45, 7) is 9.84. The van der Waals surface area contributed by atoms with Crippen LogP contribution in [0.4, 0.5) is 0 Å². The number of ether oxygens (including phenoxy) is 3. The smallest absolute Gasteiger partial charge is 0.347 e. The van der Waals surface area contributed by atoms with Crippen LogP contribution in [0.25, 0.3) is 10.9 Å². The third-order valence-corrected chi connectivity index (χ3v) is 6.21. The fourth-order valence-corrected chi connectivity index (χ4v) is 4.41. The highest BCUT2D eigenvalue weighted by Gasteiger charge is 2.21. The molecular weight excluding hydrogens is 629 g/mol. The number of halogens is 2. The van der Waals surface area contributed by atoms with Crippen molar-refractivity contribution < 1.29 is 19.0 Å². The molecule has 0 unspecified atom stereocenters. The summed E-state index contributed by atoms with van der Waals surface area (Å²) in [6, 6.07) is 9.01. The van der Waals surface area contributed by atoms with E-state index in [-0.39, 0.29) is 18.1 Å². The Hall–Kier alpha value is -2.47. The standard InChI is InChI=1S/C25H27BrIN3O5/c1-6-33-21-11-16(10-19(27)22(21)35-15(5)25(32)34-7-2)13-28-30-23(14(3)4)29-20-9-8-17(26)12-18(20)24(30)31/h8-15H,6-7H2,1-5H3/t15-/m1/s1. The van der Waals surface area contributed by atoms with E-state index >= 15 is 0 Å². The highest BCUT2D eigenvalue weighted by atomic mass is 127. The third-order valence-electron chi connectivity index (χ3n) is 4.92. The van der Waals surface area contributed by atoms with E-state index in [2.05, 4.69) is 48.6 Å². The molecule has 0 saturated carbocycles. The number of carbonyl (C=O) groups is 1. The second kappa shape index (κ2) is 12.0. The van der Waals surface area contributed by atoms with Gasteiger partial charge in [0.1, 0.15) is 5.82 Å². The van der Waals surface area contributed by atoms with Crippen LogP contribution in [0.15, 0.2) is 44.7 Å². The van der Waals surface area contributed by atoms with Gasteiger partial charge in [0.25, 0.3) is 5.56 Å². The summed E-state index contributed by atoms with van der Waals surface area (Å²) in [5.41, 5.74) is 1.07. The molecule has 35 heavy (non-hydrogen) atoms. The molecule has 0 saturated heterocycles. The molecular formula is C25H27BrIN3O5. The van der Waals surface area contributed by atoms with E-state index in [0.29, 0.717) is 40.4 Å². The summed E-state index contributed by atoms with van der Waals surface area (Å²) in [7, 11) is 0. The lowest BCUT2D eigenvalue weighted by Crippen LogP contribution is -2.26. The summed E-state index contributed by atoms with van der Waals surface area (Å²) in [5.74, 6) is 1.00. The van der Waals surface area contributed by atoms with Gasteiger partial charge in [0, 0.05) is 10.4 Å². The first-order valence-electron chi connectivity index (χ1n) is 11.2. The molecule has 2 aromatic carbocycles. The summed E-state index contributed by atoms with van der Waals surface area (Å²) < 4.78 is 19.5.